The SMILES string of the molecule is COC(=O)C[C@@](N[S@@+]([O-])C(C)(C)C)(c1ccc(OCCCC(F)(F)F)cc1)C(F)(F)F. The molecule has 31 heavy (non-hydrogen) atoms. The van der Waals surface area contributed by atoms with E-state index in [-0.39, 0.29) is 18.8 Å². The molecule has 0 radical (unpaired) electrons. The minimum absolute atomic E-state index is 0.0528. The van der Waals surface area contributed by atoms with Crippen LogP contribution in [0.15, 0.2) is 24.3 Å². The molecule has 0 aliphatic rings. The molecule has 1 N–H and O–H groups in total. The van der Waals surface area contributed by atoms with E-state index < -0.39 is 58.4 Å². The van der Waals surface area contributed by atoms with Crippen LogP contribution in [-0.4, -0.2) is 41.3 Å². The molecule has 0 aromatic heterocycles. The van der Waals surface area contributed by atoms with Crippen molar-refractivity contribution < 1.29 is 45.2 Å². The molecule has 12 heteroatoms. The largest absolute Gasteiger partial charge is 0.598 e. The number of carbonyl (C=O) groups is 1. The fourth-order valence-corrected chi connectivity index (χ4v) is 3.35. The van der Waals surface area contributed by atoms with Crippen LogP contribution in [0.2, 0.25) is 0 Å². The summed E-state index contributed by atoms with van der Waals surface area (Å²) in [6, 6.07) is 4.32. The summed E-state index contributed by atoms with van der Waals surface area (Å²) >= 11 is -2.21. The monoisotopic (exact) mass is 477 g/mol. The summed E-state index contributed by atoms with van der Waals surface area (Å²) in [6.45, 7) is 4.12. The molecule has 178 valence electrons. The van der Waals surface area contributed by atoms with E-state index in [0.29, 0.717) is 0 Å². The quantitative estimate of drug-likeness (QED) is 0.240. The molecule has 2 atom stereocenters. The summed E-state index contributed by atoms with van der Waals surface area (Å²) in [4.78, 5) is 11.8. The van der Waals surface area contributed by atoms with Gasteiger partial charge in [-0.15, -0.1) is 4.72 Å². The lowest BCUT2D eigenvalue weighted by molar-refractivity contribution is -0.202. The zero-order valence-corrected chi connectivity index (χ0v) is 18.3. The second-order valence-corrected chi connectivity index (χ2v) is 9.70. The van der Waals surface area contributed by atoms with E-state index in [0.717, 1.165) is 31.4 Å². The standard InChI is InChI=1S/C19H25F6NO4S/c1-16(2,3)31(28)26-17(19(23,24)25,12-15(27)29-4)13-6-8-14(9-7-13)30-11-5-10-18(20,21)22/h6-9,26H,5,10-12H2,1-4H3/t17-,31+/m1/s1. The molecule has 0 aliphatic carbocycles. The Morgan fingerprint density at radius 2 is 1.61 bits per heavy atom. The van der Waals surface area contributed by atoms with E-state index >= 15 is 0 Å². The molecule has 0 unspecified atom stereocenters. The maximum atomic E-state index is 14.2. The number of halogens is 6. The maximum Gasteiger partial charge on any atom is 0.415 e. The first-order valence-corrected chi connectivity index (χ1v) is 10.3. The molecule has 1 aromatic rings. The molecule has 0 aliphatic heterocycles. The number of carbonyl (C=O) groups excluding carboxylic acids is 1. The third-order valence-corrected chi connectivity index (χ3v) is 5.81. The van der Waals surface area contributed by atoms with E-state index in [9.17, 15) is 35.7 Å². The molecule has 1 aromatic carbocycles. The number of benzene rings is 1. The van der Waals surface area contributed by atoms with Crippen LogP contribution in [-0.2, 0) is 26.4 Å². The summed E-state index contributed by atoms with van der Waals surface area (Å²) in [7, 11) is 0.933. The first-order valence-electron chi connectivity index (χ1n) is 9.15. The van der Waals surface area contributed by atoms with Crippen molar-refractivity contribution in [3.05, 3.63) is 29.8 Å². The van der Waals surface area contributed by atoms with Crippen molar-refractivity contribution in [2.75, 3.05) is 13.7 Å². The van der Waals surface area contributed by atoms with E-state index in [4.69, 9.17) is 4.74 Å². The second kappa shape index (κ2) is 10.3. The molecule has 1 rings (SSSR count). The van der Waals surface area contributed by atoms with E-state index in [2.05, 4.69) is 9.46 Å². The predicted octanol–water partition coefficient (Wildman–Crippen LogP) is 4.78. The summed E-state index contributed by atoms with van der Waals surface area (Å²) < 4.78 is 102. The second-order valence-electron chi connectivity index (χ2n) is 7.73. The van der Waals surface area contributed by atoms with E-state index in [1.165, 1.54) is 20.8 Å². The number of hydrogen-bond acceptors (Lipinski definition) is 5. The smallest absolute Gasteiger partial charge is 0.415 e. The Hall–Kier alpha value is -1.66. The van der Waals surface area contributed by atoms with Crippen LogP contribution in [0.4, 0.5) is 26.3 Å². The summed E-state index contributed by atoms with van der Waals surface area (Å²) in [5, 5.41) is 0. The average molecular weight is 477 g/mol. The van der Waals surface area contributed by atoms with Gasteiger partial charge in [-0.3, -0.25) is 4.79 Å². The number of nitrogens with one attached hydrogen (secondary N) is 1. The van der Waals surface area contributed by atoms with Gasteiger partial charge in [0.05, 0.1) is 20.1 Å². The zero-order valence-electron chi connectivity index (χ0n) is 17.4. The van der Waals surface area contributed by atoms with E-state index in [1.54, 1.807) is 0 Å². The number of alkyl halides is 6. The van der Waals surface area contributed by atoms with Crippen molar-refractivity contribution in [1.29, 1.82) is 0 Å². The Bertz CT molecular complexity index is 718. The Labute approximate surface area is 179 Å². The van der Waals surface area contributed by atoms with Gasteiger partial charge in [-0.2, -0.15) is 26.3 Å². The van der Waals surface area contributed by atoms with Crippen molar-refractivity contribution in [3.8, 4) is 5.75 Å². The van der Waals surface area contributed by atoms with Gasteiger partial charge in [-0.1, -0.05) is 12.1 Å². The maximum absolute atomic E-state index is 14.2. The first kappa shape index (κ1) is 27.4. The van der Waals surface area contributed by atoms with Crippen LogP contribution in [0, 0.1) is 0 Å². The van der Waals surface area contributed by atoms with Gasteiger partial charge in [0.15, 0.2) is 5.54 Å². The lowest BCUT2D eigenvalue weighted by Gasteiger charge is -2.38. The van der Waals surface area contributed by atoms with Crippen molar-refractivity contribution in [2.24, 2.45) is 0 Å². The normalized spacial score (nSPS) is 15.8. The van der Waals surface area contributed by atoms with Crippen molar-refractivity contribution in [2.45, 2.75) is 62.7 Å². The van der Waals surface area contributed by atoms with Crippen molar-refractivity contribution >= 4 is 17.3 Å². The Morgan fingerprint density at radius 1 is 1.06 bits per heavy atom. The fourth-order valence-electron chi connectivity index (χ4n) is 2.42. The lowest BCUT2D eigenvalue weighted by atomic mass is 9.87. The van der Waals surface area contributed by atoms with Gasteiger partial charge in [0.1, 0.15) is 10.5 Å². The third-order valence-electron chi connectivity index (χ3n) is 4.16. The molecule has 0 bridgehead atoms. The van der Waals surface area contributed by atoms with Gasteiger partial charge in [-0.05, 0) is 44.9 Å². The molecular weight excluding hydrogens is 452 g/mol. The van der Waals surface area contributed by atoms with Crippen LogP contribution in [0.3, 0.4) is 0 Å². The highest BCUT2D eigenvalue weighted by atomic mass is 32.2. The van der Waals surface area contributed by atoms with Gasteiger partial charge in [0, 0.05) is 17.8 Å². The van der Waals surface area contributed by atoms with Crippen LogP contribution in [0.1, 0.15) is 45.6 Å². The Kier molecular flexibility index (Phi) is 9.10. The number of rotatable bonds is 9. The Balaban J connectivity index is 3.21. The molecule has 0 amide bonds. The molecule has 0 saturated carbocycles. The van der Waals surface area contributed by atoms with Crippen LogP contribution >= 0.6 is 0 Å². The van der Waals surface area contributed by atoms with Gasteiger partial charge in [0.25, 0.3) is 0 Å². The zero-order chi connectivity index (χ0) is 24.1. The predicted molar refractivity (Wildman–Crippen MR) is 103 cm³/mol. The number of hydrogen-bond donors (Lipinski definition) is 1. The van der Waals surface area contributed by atoms with Gasteiger partial charge in [0.2, 0.25) is 0 Å². The summed E-state index contributed by atoms with van der Waals surface area (Å²) in [6.07, 6.45) is -11.9. The van der Waals surface area contributed by atoms with Crippen LogP contribution in [0.25, 0.3) is 0 Å². The van der Waals surface area contributed by atoms with Crippen molar-refractivity contribution in [3.63, 3.8) is 0 Å². The topological polar surface area (TPSA) is 70.6 Å². The average Bonchev–Trinajstić information content (AvgIpc) is 2.62. The number of esters is 1. The molecule has 0 fully saturated rings. The van der Waals surface area contributed by atoms with E-state index in [1.807, 2.05) is 0 Å². The van der Waals surface area contributed by atoms with Crippen LogP contribution in [0.5, 0.6) is 5.75 Å². The summed E-state index contributed by atoms with van der Waals surface area (Å²) in [5.41, 5.74) is -3.45. The molecule has 0 spiro atoms. The lowest BCUT2D eigenvalue weighted by Crippen LogP contribution is -2.60. The first-order chi connectivity index (χ1) is 14.0. The molecule has 0 saturated heterocycles. The minimum atomic E-state index is -5.04. The molecule has 0 heterocycles. The van der Waals surface area contributed by atoms with Gasteiger partial charge in [-0.25, -0.2) is 0 Å². The molecule has 5 nitrogen and oxygen atoms in total. The highest BCUT2D eigenvalue weighted by molar-refractivity contribution is 7.90. The number of ether oxygens (including phenoxy) is 2. The fraction of sp³-hybridized carbons (Fsp3) is 0.632. The highest BCUT2D eigenvalue weighted by Crippen LogP contribution is 2.44. The highest BCUT2D eigenvalue weighted by Gasteiger charge is 2.61. The third kappa shape index (κ3) is 8.08. The minimum Gasteiger partial charge on any atom is -0.598 e. The van der Waals surface area contributed by atoms with Gasteiger partial charge < -0.3 is 14.0 Å². The van der Waals surface area contributed by atoms with Crippen molar-refractivity contribution in [1.82, 2.24) is 4.72 Å². The van der Waals surface area contributed by atoms with Crippen LogP contribution < -0.4 is 9.46 Å². The Morgan fingerprint density at radius 3 is 2.03 bits per heavy atom. The number of methoxy groups -OCH3 is 1. The summed E-state index contributed by atoms with van der Waals surface area (Å²) in [5.74, 6) is -1.12. The van der Waals surface area contributed by atoms with Gasteiger partial charge >= 0.3 is 18.3 Å². The molecular formula is C19H25F6NO4S.